The molecule has 4 rings (SSSR count). The van der Waals surface area contributed by atoms with E-state index in [9.17, 15) is 23.1 Å². The van der Waals surface area contributed by atoms with Gasteiger partial charge in [0, 0.05) is 24.5 Å². The van der Waals surface area contributed by atoms with E-state index < -0.39 is 11.7 Å². The molecule has 0 unspecified atom stereocenters. The average Bonchev–Trinajstić information content (AvgIpc) is 2.78. The van der Waals surface area contributed by atoms with E-state index in [0.717, 1.165) is 50.9 Å². The van der Waals surface area contributed by atoms with Crippen LogP contribution in [0.1, 0.15) is 45.1 Å². The zero-order chi connectivity index (χ0) is 24.5. The number of hydrogen-bond acceptors (Lipinski definition) is 6. The first-order chi connectivity index (χ1) is 16.1. The lowest BCUT2D eigenvalue weighted by atomic mass is 9.78. The molecule has 2 aromatic rings. The number of aliphatic hydroxyl groups excluding tert-OH is 1. The third kappa shape index (κ3) is 5.60. The van der Waals surface area contributed by atoms with Crippen LogP contribution in [0.5, 0.6) is 0 Å². The van der Waals surface area contributed by atoms with Crippen LogP contribution in [0, 0.1) is 11.8 Å². The minimum absolute atomic E-state index is 0.0638. The molecule has 1 atom stereocenters. The number of aliphatic hydroxyl groups is 1. The van der Waals surface area contributed by atoms with E-state index >= 15 is 0 Å². The zero-order valence-electron chi connectivity index (χ0n) is 19.5. The summed E-state index contributed by atoms with van der Waals surface area (Å²) >= 11 is 0. The van der Waals surface area contributed by atoms with Gasteiger partial charge >= 0.3 is 6.18 Å². The molecular formula is C24H32F3N5O2. The molecule has 1 aromatic heterocycles. The molecule has 34 heavy (non-hydrogen) atoms. The van der Waals surface area contributed by atoms with Gasteiger partial charge < -0.3 is 15.7 Å². The standard InChI is InChI=1S/C24H32F3N5O2/c1-14(2)23(34)15-3-6-18(7-4-15)32-12-17(13-32)30-22(33)11-28-21-10-29-31-20-8-5-16(9-19(20)21)24(25,26)27/h5,8-10,14-15,17-18,23,34H,3-4,6-7,11-13H2,1-2H3,(H,28,31)(H,30,33)/t15-,18-,23-/m0/s1. The van der Waals surface area contributed by atoms with E-state index in [-0.39, 0.29) is 35.9 Å². The lowest BCUT2D eigenvalue weighted by Crippen LogP contribution is -2.63. The number of nitrogens with zero attached hydrogens (tertiary/aromatic N) is 3. The molecule has 0 spiro atoms. The molecule has 10 heteroatoms. The van der Waals surface area contributed by atoms with Crippen LogP contribution in [0.4, 0.5) is 18.9 Å². The Bertz CT molecular complexity index is 1000. The van der Waals surface area contributed by atoms with E-state index in [4.69, 9.17) is 0 Å². The number of alkyl halides is 3. The van der Waals surface area contributed by atoms with Crippen molar-refractivity contribution in [3.63, 3.8) is 0 Å². The summed E-state index contributed by atoms with van der Waals surface area (Å²) < 4.78 is 39.2. The normalized spacial score (nSPS) is 23.0. The number of halogens is 3. The van der Waals surface area contributed by atoms with Crippen LogP contribution in [0.25, 0.3) is 10.9 Å². The molecule has 3 N–H and O–H groups in total. The summed E-state index contributed by atoms with van der Waals surface area (Å²) in [7, 11) is 0. The number of anilines is 1. The minimum atomic E-state index is -4.46. The Morgan fingerprint density at radius 3 is 2.56 bits per heavy atom. The number of benzene rings is 1. The highest BCUT2D eigenvalue weighted by Gasteiger charge is 2.36. The molecule has 2 aliphatic rings. The van der Waals surface area contributed by atoms with Crippen molar-refractivity contribution in [2.45, 2.75) is 63.9 Å². The number of rotatable bonds is 7. The number of aromatic nitrogens is 2. The second-order valence-electron chi connectivity index (χ2n) is 9.86. The quantitative estimate of drug-likeness (QED) is 0.564. The molecule has 186 valence electrons. The van der Waals surface area contributed by atoms with Crippen LogP contribution in [-0.4, -0.2) is 63.9 Å². The molecule has 1 aliphatic carbocycles. The Balaban J connectivity index is 1.24. The molecule has 0 radical (unpaired) electrons. The molecule has 2 heterocycles. The lowest BCUT2D eigenvalue weighted by Gasteiger charge is -2.47. The van der Waals surface area contributed by atoms with Gasteiger partial charge in [-0.15, -0.1) is 0 Å². The molecule has 2 fully saturated rings. The van der Waals surface area contributed by atoms with Crippen LogP contribution < -0.4 is 10.6 Å². The first-order valence-electron chi connectivity index (χ1n) is 11.9. The zero-order valence-corrected chi connectivity index (χ0v) is 19.5. The van der Waals surface area contributed by atoms with E-state index in [0.29, 0.717) is 23.2 Å². The van der Waals surface area contributed by atoms with Gasteiger partial charge in [-0.25, -0.2) is 0 Å². The first kappa shape index (κ1) is 24.7. The molecule has 0 bridgehead atoms. The average molecular weight is 480 g/mol. The Morgan fingerprint density at radius 2 is 1.91 bits per heavy atom. The van der Waals surface area contributed by atoms with Crippen molar-refractivity contribution in [1.82, 2.24) is 20.4 Å². The second kappa shape index (κ2) is 10.0. The van der Waals surface area contributed by atoms with Crippen LogP contribution in [0.3, 0.4) is 0 Å². The van der Waals surface area contributed by atoms with Gasteiger partial charge in [0.2, 0.25) is 5.91 Å². The molecule has 1 saturated carbocycles. The number of carbonyl (C=O) groups excluding carboxylic acids is 1. The summed E-state index contributed by atoms with van der Waals surface area (Å²) in [4.78, 5) is 14.8. The highest BCUT2D eigenvalue weighted by Crippen LogP contribution is 2.34. The molecule has 7 nitrogen and oxygen atoms in total. The maximum absolute atomic E-state index is 13.1. The molecule has 1 aromatic carbocycles. The summed E-state index contributed by atoms with van der Waals surface area (Å²) in [6.07, 6.45) is 0.835. The maximum Gasteiger partial charge on any atom is 0.416 e. The van der Waals surface area contributed by atoms with E-state index in [1.54, 1.807) is 0 Å². The number of amides is 1. The van der Waals surface area contributed by atoms with Gasteiger partial charge in [0.25, 0.3) is 0 Å². The maximum atomic E-state index is 13.1. The fraction of sp³-hybridized carbons (Fsp3) is 0.625. The van der Waals surface area contributed by atoms with Crippen LogP contribution in [-0.2, 0) is 11.0 Å². The van der Waals surface area contributed by atoms with Crippen LogP contribution >= 0.6 is 0 Å². The van der Waals surface area contributed by atoms with Crippen LogP contribution in [0.2, 0.25) is 0 Å². The highest BCUT2D eigenvalue weighted by atomic mass is 19.4. The summed E-state index contributed by atoms with van der Waals surface area (Å²) in [5, 5.41) is 24.1. The monoisotopic (exact) mass is 479 g/mol. The summed E-state index contributed by atoms with van der Waals surface area (Å²) in [6.45, 7) is 5.64. The van der Waals surface area contributed by atoms with E-state index in [1.807, 2.05) is 0 Å². The second-order valence-corrected chi connectivity index (χ2v) is 9.86. The molecule has 1 amide bonds. The van der Waals surface area contributed by atoms with Gasteiger partial charge in [0.15, 0.2) is 0 Å². The number of hydrogen-bond donors (Lipinski definition) is 3. The van der Waals surface area contributed by atoms with Gasteiger partial charge in [-0.05, 0) is 55.7 Å². The van der Waals surface area contributed by atoms with Gasteiger partial charge in [-0.2, -0.15) is 23.4 Å². The van der Waals surface area contributed by atoms with Crippen molar-refractivity contribution in [3.05, 3.63) is 30.0 Å². The van der Waals surface area contributed by atoms with Crippen molar-refractivity contribution < 1.29 is 23.1 Å². The third-order valence-electron chi connectivity index (χ3n) is 7.10. The Hall–Kier alpha value is -2.46. The van der Waals surface area contributed by atoms with E-state index in [2.05, 4.69) is 39.6 Å². The molecular weight excluding hydrogens is 447 g/mol. The SMILES string of the molecule is CC(C)[C@H](O)[C@H]1CC[C@H](N2CC(NC(=O)CNc3cnnc4ccc(C(F)(F)F)cc34)C2)CC1. The first-order valence-corrected chi connectivity index (χ1v) is 11.9. The van der Waals surface area contributed by atoms with Gasteiger partial charge in [0.05, 0.1) is 41.7 Å². The fourth-order valence-electron chi connectivity index (χ4n) is 5.08. The third-order valence-corrected chi connectivity index (χ3v) is 7.10. The summed E-state index contributed by atoms with van der Waals surface area (Å²) in [5.74, 6) is 0.446. The van der Waals surface area contributed by atoms with Crippen molar-refractivity contribution in [3.8, 4) is 0 Å². The largest absolute Gasteiger partial charge is 0.416 e. The fourth-order valence-corrected chi connectivity index (χ4v) is 5.08. The van der Waals surface area contributed by atoms with Crippen molar-refractivity contribution in [2.24, 2.45) is 11.8 Å². The van der Waals surface area contributed by atoms with Gasteiger partial charge in [-0.1, -0.05) is 13.8 Å². The highest BCUT2D eigenvalue weighted by molar-refractivity contribution is 5.92. The Kier molecular flexibility index (Phi) is 7.28. The molecule has 1 saturated heterocycles. The van der Waals surface area contributed by atoms with Crippen molar-refractivity contribution in [1.29, 1.82) is 0 Å². The number of fused-ring (bicyclic) bond motifs is 1. The van der Waals surface area contributed by atoms with Crippen LogP contribution in [0.15, 0.2) is 24.4 Å². The summed E-state index contributed by atoms with van der Waals surface area (Å²) in [5.41, 5.74) is -0.117. The summed E-state index contributed by atoms with van der Waals surface area (Å²) in [6, 6.07) is 3.82. The number of nitrogens with one attached hydrogen (secondary N) is 2. The van der Waals surface area contributed by atoms with Crippen molar-refractivity contribution >= 4 is 22.5 Å². The van der Waals surface area contributed by atoms with Gasteiger partial charge in [0.1, 0.15) is 0 Å². The Labute approximate surface area is 197 Å². The van der Waals surface area contributed by atoms with E-state index in [1.165, 1.54) is 12.3 Å². The smallest absolute Gasteiger partial charge is 0.393 e. The van der Waals surface area contributed by atoms with Crippen molar-refractivity contribution in [2.75, 3.05) is 25.0 Å². The topological polar surface area (TPSA) is 90.4 Å². The predicted octanol–water partition coefficient (Wildman–Crippen LogP) is 3.44. The number of carbonyl (C=O) groups is 1. The number of likely N-dealkylation sites (tertiary alicyclic amines) is 1. The Morgan fingerprint density at radius 1 is 1.21 bits per heavy atom. The minimum Gasteiger partial charge on any atom is -0.393 e. The predicted molar refractivity (Wildman–Crippen MR) is 123 cm³/mol. The van der Waals surface area contributed by atoms with Gasteiger partial charge in [-0.3, -0.25) is 9.69 Å². The molecule has 1 aliphatic heterocycles. The lowest BCUT2D eigenvalue weighted by molar-refractivity contribution is -0.137.